The molecule has 0 spiro atoms. The number of halogens is 5. The zero-order valence-electron chi connectivity index (χ0n) is 18.6. The molecular formula is C24H16Cl2F3N5O3. The highest BCUT2D eigenvalue weighted by molar-refractivity contribution is 6.40. The van der Waals surface area contributed by atoms with E-state index in [1.54, 1.807) is 6.07 Å². The SMILES string of the molecule is O=C(Nc1c(Cl)cccc1Cl)c1cn(-c2c(F)cc(F)cc2F)c2nc(N3CCNC3O)ccc2c1=O. The Labute approximate surface area is 216 Å². The molecule has 1 aliphatic heterocycles. The topological polar surface area (TPSA) is 99.5 Å². The Kier molecular flexibility index (Phi) is 6.54. The van der Waals surface area contributed by atoms with Gasteiger partial charge >= 0.3 is 0 Å². The van der Waals surface area contributed by atoms with Crippen LogP contribution in [0.2, 0.25) is 10.0 Å². The number of hydrogen-bond acceptors (Lipinski definition) is 6. The van der Waals surface area contributed by atoms with Gasteiger partial charge in [0.1, 0.15) is 22.9 Å². The number of anilines is 2. The number of nitrogens with zero attached hydrogens (tertiary/aromatic N) is 3. The van der Waals surface area contributed by atoms with Gasteiger partial charge in [0.05, 0.1) is 21.1 Å². The fraction of sp³-hybridized carbons (Fsp3) is 0.125. The van der Waals surface area contributed by atoms with E-state index in [1.165, 1.54) is 29.2 Å². The zero-order valence-corrected chi connectivity index (χ0v) is 20.1. The number of aliphatic hydroxyl groups is 1. The molecule has 37 heavy (non-hydrogen) atoms. The van der Waals surface area contributed by atoms with Crippen molar-refractivity contribution in [3.8, 4) is 5.69 Å². The molecule has 1 fully saturated rings. The van der Waals surface area contributed by atoms with Gasteiger partial charge in [-0.3, -0.25) is 19.5 Å². The van der Waals surface area contributed by atoms with Crippen molar-refractivity contribution in [2.75, 3.05) is 23.3 Å². The number of nitrogens with one attached hydrogen (secondary N) is 2. The van der Waals surface area contributed by atoms with Crippen LogP contribution in [0.25, 0.3) is 16.7 Å². The lowest BCUT2D eigenvalue weighted by molar-refractivity contribution is 0.102. The lowest BCUT2D eigenvalue weighted by atomic mass is 10.1. The number of carbonyl (C=O) groups excluding carboxylic acids is 1. The molecule has 0 aliphatic carbocycles. The Morgan fingerprint density at radius 1 is 1.11 bits per heavy atom. The molecule has 0 bridgehead atoms. The van der Waals surface area contributed by atoms with E-state index in [9.17, 15) is 27.9 Å². The van der Waals surface area contributed by atoms with Crippen molar-refractivity contribution in [2.45, 2.75) is 6.35 Å². The Morgan fingerprint density at radius 2 is 1.78 bits per heavy atom. The fourth-order valence-electron chi connectivity index (χ4n) is 4.03. The first-order chi connectivity index (χ1) is 17.7. The lowest BCUT2D eigenvalue weighted by Crippen LogP contribution is -2.35. The Hall–Kier alpha value is -3.64. The average Bonchev–Trinajstić information content (AvgIpc) is 3.27. The molecule has 5 rings (SSSR count). The third kappa shape index (κ3) is 4.51. The van der Waals surface area contributed by atoms with Gasteiger partial charge in [0, 0.05) is 31.4 Å². The summed E-state index contributed by atoms with van der Waals surface area (Å²) in [6.07, 6.45) is -0.172. The minimum absolute atomic E-state index is 0.0324. The second-order valence-corrected chi connectivity index (χ2v) is 8.89. The van der Waals surface area contributed by atoms with Crippen molar-refractivity contribution < 1.29 is 23.1 Å². The monoisotopic (exact) mass is 549 g/mol. The first kappa shape index (κ1) is 25.0. The van der Waals surface area contributed by atoms with E-state index in [2.05, 4.69) is 15.6 Å². The van der Waals surface area contributed by atoms with Crippen molar-refractivity contribution >= 4 is 51.6 Å². The number of pyridine rings is 2. The van der Waals surface area contributed by atoms with Gasteiger partial charge in [0.2, 0.25) is 5.43 Å². The second kappa shape index (κ2) is 9.67. The maximum Gasteiger partial charge on any atom is 0.261 e. The highest BCUT2D eigenvalue weighted by Crippen LogP contribution is 2.31. The van der Waals surface area contributed by atoms with Crippen LogP contribution in [0.4, 0.5) is 24.7 Å². The maximum absolute atomic E-state index is 14.9. The van der Waals surface area contributed by atoms with E-state index in [1.807, 2.05) is 0 Å². The van der Waals surface area contributed by atoms with Gasteiger partial charge in [-0.25, -0.2) is 18.2 Å². The number of hydrogen-bond donors (Lipinski definition) is 3. The minimum Gasteiger partial charge on any atom is -0.361 e. The number of benzene rings is 2. The smallest absolute Gasteiger partial charge is 0.261 e. The van der Waals surface area contributed by atoms with Crippen LogP contribution in [0.1, 0.15) is 10.4 Å². The molecule has 0 saturated carbocycles. The fourth-order valence-corrected chi connectivity index (χ4v) is 4.53. The van der Waals surface area contributed by atoms with Gasteiger partial charge in [-0.05, 0) is 24.3 Å². The van der Waals surface area contributed by atoms with E-state index >= 15 is 0 Å². The van der Waals surface area contributed by atoms with Gasteiger partial charge < -0.3 is 15.3 Å². The lowest BCUT2D eigenvalue weighted by Gasteiger charge is -2.22. The molecule has 13 heteroatoms. The van der Waals surface area contributed by atoms with Gasteiger partial charge in [0.15, 0.2) is 23.6 Å². The normalized spacial score (nSPS) is 15.4. The summed E-state index contributed by atoms with van der Waals surface area (Å²) in [7, 11) is 0. The summed E-state index contributed by atoms with van der Waals surface area (Å²) in [5, 5.41) is 15.4. The van der Waals surface area contributed by atoms with E-state index in [4.69, 9.17) is 23.2 Å². The molecule has 190 valence electrons. The van der Waals surface area contributed by atoms with Crippen molar-refractivity contribution in [3.63, 3.8) is 0 Å². The first-order valence-corrected chi connectivity index (χ1v) is 11.6. The average molecular weight is 550 g/mol. The minimum atomic E-state index is -1.29. The summed E-state index contributed by atoms with van der Waals surface area (Å²) < 4.78 is 44.2. The largest absolute Gasteiger partial charge is 0.361 e. The number of carbonyl (C=O) groups is 1. The number of fused-ring (bicyclic) bond motifs is 1. The van der Waals surface area contributed by atoms with E-state index in [0.29, 0.717) is 25.2 Å². The number of amides is 1. The molecule has 4 aromatic rings. The van der Waals surface area contributed by atoms with Gasteiger partial charge in [-0.2, -0.15) is 0 Å². The predicted molar refractivity (Wildman–Crippen MR) is 133 cm³/mol. The molecule has 1 atom stereocenters. The molecule has 2 aromatic carbocycles. The molecule has 3 heterocycles. The molecular weight excluding hydrogens is 534 g/mol. The molecule has 1 saturated heterocycles. The number of rotatable bonds is 4. The third-order valence-electron chi connectivity index (χ3n) is 5.77. The zero-order chi connectivity index (χ0) is 26.4. The molecule has 1 amide bonds. The quantitative estimate of drug-likeness (QED) is 0.355. The van der Waals surface area contributed by atoms with Crippen LogP contribution in [0.5, 0.6) is 0 Å². The van der Waals surface area contributed by atoms with Crippen molar-refractivity contribution in [3.05, 3.63) is 91.9 Å². The van der Waals surface area contributed by atoms with Crippen LogP contribution < -0.4 is 21.0 Å². The summed E-state index contributed by atoms with van der Waals surface area (Å²) in [5.41, 5.74) is -2.26. The highest BCUT2D eigenvalue weighted by atomic mass is 35.5. The predicted octanol–water partition coefficient (Wildman–Crippen LogP) is 4.05. The summed E-state index contributed by atoms with van der Waals surface area (Å²) in [6, 6.07) is 8.16. The summed E-state index contributed by atoms with van der Waals surface area (Å²) in [5.74, 6) is -4.51. The Bertz CT molecular complexity index is 1590. The molecule has 0 radical (unpaired) electrons. The highest BCUT2D eigenvalue weighted by Gasteiger charge is 2.26. The molecule has 2 aromatic heterocycles. The molecule has 1 unspecified atom stereocenters. The first-order valence-electron chi connectivity index (χ1n) is 10.8. The van der Waals surface area contributed by atoms with Gasteiger partial charge in [-0.1, -0.05) is 29.3 Å². The third-order valence-corrected chi connectivity index (χ3v) is 6.40. The van der Waals surface area contributed by atoms with Crippen LogP contribution in [0.3, 0.4) is 0 Å². The number of para-hydroxylation sites is 1. The number of aliphatic hydroxyl groups excluding tert-OH is 1. The van der Waals surface area contributed by atoms with Gasteiger partial charge in [-0.15, -0.1) is 0 Å². The maximum atomic E-state index is 14.9. The van der Waals surface area contributed by atoms with Crippen LogP contribution >= 0.6 is 23.2 Å². The molecule has 1 aliphatic rings. The summed E-state index contributed by atoms with van der Waals surface area (Å²) >= 11 is 12.2. The van der Waals surface area contributed by atoms with E-state index < -0.39 is 46.4 Å². The van der Waals surface area contributed by atoms with E-state index in [-0.39, 0.29) is 32.6 Å². The van der Waals surface area contributed by atoms with Crippen molar-refractivity contribution in [1.29, 1.82) is 0 Å². The van der Waals surface area contributed by atoms with Crippen LogP contribution in [-0.2, 0) is 0 Å². The van der Waals surface area contributed by atoms with Crippen LogP contribution in [-0.4, -0.2) is 40.0 Å². The van der Waals surface area contributed by atoms with Crippen LogP contribution in [0, 0.1) is 17.5 Å². The standard InChI is InChI=1S/C24H16Cl2F3N5O3/c25-14-2-1-3-15(26)19(14)32-23(36)13-10-34(20-16(28)8-11(27)9-17(20)29)22-12(21(13)35)4-5-18(31-22)33-7-6-30-24(33)37/h1-5,8-10,24,30,37H,6-7H2,(H,32,36). The Balaban J connectivity index is 1.74. The van der Waals surface area contributed by atoms with Crippen molar-refractivity contribution in [1.82, 2.24) is 14.9 Å². The summed E-state index contributed by atoms with van der Waals surface area (Å²) in [4.78, 5) is 32.3. The molecule has 8 nitrogen and oxygen atoms in total. The molecule has 3 N–H and O–H groups in total. The van der Waals surface area contributed by atoms with Crippen LogP contribution in [0.15, 0.2) is 53.5 Å². The second-order valence-electron chi connectivity index (χ2n) is 8.07. The Morgan fingerprint density at radius 3 is 2.41 bits per heavy atom. The summed E-state index contributed by atoms with van der Waals surface area (Å²) in [6.45, 7) is 0.806. The van der Waals surface area contributed by atoms with Crippen molar-refractivity contribution in [2.24, 2.45) is 0 Å². The van der Waals surface area contributed by atoms with E-state index in [0.717, 1.165) is 10.8 Å². The van der Waals surface area contributed by atoms with Gasteiger partial charge in [0.25, 0.3) is 5.91 Å². The number of aromatic nitrogens is 2.